The van der Waals surface area contributed by atoms with Crippen molar-refractivity contribution in [1.29, 1.82) is 5.26 Å². The lowest BCUT2D eigenvalue weighted by molar-refractivity contribution is -0.163. The largest absolute Gasteiger partial charge is 0.484 e. The van der Waals surface area contributed by atoms with Gasteiger partial charge in [0.05, 0.1) is 24.5 Å². The first-order chi connectivity index (χ1) is 14.9. The monoisotopic (exact) mass is 460 g/mol. The van der Waals surface area contributed by atoms with Gasteiger partial charge in [0.25, 0.3) is 15.7 Å². The minimum atomic E-state index is -3.57. The number of ether oxygens (including phenoxy) is 2. The number of nitrogens with zero attached hydrogens (tertiary/aromatic N) is 2. The van der Waals surface area contributed by atoms with E-state index in [0.717, 1.165) is 6.26 Å². The van der Waals surface area contributed by atoms with Gasteiger partial charge in [0.2, 0.25) is 0 Å². The number of rotatable bonds is 6. The Kier molecular flexibility index (Phi) is 6.44. The predicted molar refractivity (Wildman–Crippen MR) is 115 cm³/mol. The Hall–Kier alpha value is -3.16. The lowest BCUT2D eigenvalue weighted by Crippen LogP contribution is -2.54. The maximum absolute atomic E-state index is 13.1. The molecule has 2 aromatic rings. The molecule has 0 fully saturated rings. The minimum Gasteiger partial charge on any atom is -0.484 e. The Morgan fingerprint density at radius 3 is 2.59 bits per heavy atom. The number of nitriles is 1. The first-order valence-electron chi connectivity index (χ1n) is 9.87. The van der Waals surface area contributed by atoms with Gasteiger partial charge in [-0.25, -0.2) is 0 Å². The molecule has 10 heteroatoms. The zero-order valence-electron chi connectivity index (χ0n) is 18.2. The van der Waals surface area contributed by atoms with Crippen molar-refractivity contribution in [1.82, 2.24) is 4.57 Å². The Balaban J connectivity index is 2.07. The number of carbonyl (C=O) groups excluding carboxylic acids is 1. The van der Waals surface area contributed by atoms with E-state index >= 15 is 0 Å². The Bertz CT molecular complexity index is 1240. The van der Waals surface area contributed by atoms with Gasteiger partial charge in [-0.15, -0.1) is 0 Å². The summed E-state index contributed by atoms with van der Waals surface area (Å²) in [4.78, 5) is 24.9. The lowest BCUT2D eigenvalue weighted by Gasteiger charge is -2.44. The SMILES string of the molecule is CC(=O)O[C@H]1[C@H](n2ccc(CCOS(C)(=O)=O)cc2=O)c2cc(C#N)ccc2OC1(C)C. The first kappa shape index (κ1) is 23.5. The van der Waals surface area contributed by atoms with Gasteiger partial charge >= 0.3 is 5.97 Å². The number of pyridine rings is 1. The Labute approximate surface area is 186 Å². The molecule has 1 aliphatic heterocycles. The zero-order chi connectivity index (χ0) is 23.7. The average molecular weight is 461 g/mol. The third-order valence-corrected chi connectivity index (χ3v) is 5.69. The van der Waals surface area contributed by atoms with Crippen molar-refractivity contribution in [3.63, 3.8) is 0 Å². The molecule has 3 rings (SSSR count). The van der Waals surface area contributed by atoms with Gasteiger partial charge in [-0.2, -0.15) is 13.7 Å². The number of hydrogen-bond donors (Lipinski definition) is 0. The molecular formula is C22H24N2O7S. The van der Waals surface area contributed by atoms with E-state index in [9.17, 15) is 23.3 Å². The van der Waals surface area contributed by atoms with E-state index in [2.05, 4.69) is 6.07 Å². The highest BCUT2D eigenvalue weighted by Gasteiger charge is 2.47. The smallest absolute Gasteiger partial charge is 0.303 e. The van der Waals surface area contributed by atoms with Crippen molar-refractivity contribution in [3.05, 3.63) is 63.6 Å². The second-order valence-corrected chi connectivity index (χ2v) is 9.75. The summed E-state index contributed by atoms with van der Waals surface area (Å²) in [5.41, 5.74) is 0.177. The zero-order valence-corrected chi connectivity index (χ0v) is 19.0. The van der Waals surface area contributed by atoms with Crippen molar-refractivity contribution in [2.45, 2.75) is 44.9 Å². The molecule has 0 N–H and O–H groups in total. The molecule has 0 saturated carbocycles. The van der Waals surface area contributed by atoms with Crippen LogP contribution in [0.3, 0.4) is 0 Å². The highest BCUT2D eigenvalue weighted by Crippen LogP contribution is 2.43. The van der Waals surface area contributed by atoms with E-state index in [-0.39, 0.29) is 18.6 Å². The molecule has 0 aliphatic carbocycles. The van der Waals surface area contributed by atoms with E-state index in [4.69, 9.17) is 13.7 Å². The van der Waals surface area contributed by atoms with E-state index in [0.29, 0.717) is 22.4 Å². The van der Waals surface area contributed by atoms with Crippen molar-refractivity contribution >= 4 is 16.1 Å². The molecule has 2 atom stereocenters. The molecule has 0 spiro atoms. The average Bonchev–Trinajstić information content (AvgIpc) is 2.67. The molecule has 32 heavy (non-hydrogen) atoms. The van der Waals surface area contributed by atoms with Crippen molar-refractivity contribution < 1.29 is 26.9 Å². The van der Waals surface area contributed by atoms with Crippen molar-refractivity contribution in [2.75, 3.05) is 12.9 Å². The second-order valence-electron chi connectivity index (χ2n) is 8.10. The molecule has 1 aromatic carbocycles. The molecule has 0 unspecified atom stereocenters. The summed E-state index contributed by atoms with van der Waals surface area (Å²) in [7, 11) is -3.57. The molecule has 0 radical (unpaired) electrons. The van der Waals surface area contributed by atoms with Crippen LogP contribution in [0.2, 0.25) is 0 Å². The van der Waals surface area contributed by atoms with E-state index in [1.54, 1.807) is 44.3 Å². The highest BCUT2D eigenvalue weighted by molar-refractivity contribution is 7.85. The minimum absolute atomic E-state index is 0.0863. The first-order valence-corrected chi connectivity index (χ1v) is 11.7. The number of benzene rings is 1. The fourth-order valence-electron chi connectivity index (χ4n) is 3.73. The van der Waals surface area contributed by atoms with Gasteiger partial charge in [-0.3, -0.25) is 13.8 Å². The molecule has 1 aromatic heterocycles. The lowest BCUT2D eigenvalue weighted by atomic mass is 9.85. The maximum Gasteiger partial charge on any atom is 0.303 e. The van der Waals surface area contributed by atoms with Gasteiger partial charge in [-0.05, 0) is 50.1 Å². The number of fused-ring (bicyclic) bond motifs is 1. The summed E-state index contributed by atoms with van der Waals surface area (Å²) >= 11 is 0. The summed E-state index contributed by atoms with van der Waals surface area (Å²) in [6, 6.07) is 9.29. The highest BCUT2D eigenvalue weighted by atomic mass is 32.2. The summed E-state index contributed by atoms with van der Waals surface area (Å²) in [6.07, 6.45) is 1.90. The van der Waals surface area contributed by atoms with Crippen LogP contribution in [0.4, 0.5) is 0 Å². The van der Waals surface area contributed by atoms with Gasteiger partial charge in [0.1, 0.15) is 17.4 Å². The number of esters is 1. The molecular weight excluding hydrogens is 436 g/mol. The van der Waals surface area contributed by atoms with E-state index < -0.39 is 33.8 Å². The molecule has 0 saturated heterocycles. The summed E-state index contributed by atoms with van der Waals surface area (Å²) in [5, 5.41) is 9.34. The van der Waals surface area contributed by atoms with Crippen LogP contribution in [0, 0.1) is 11.3 Å². The summed E-state index contributed by atoms with van der Waals surface area (Å²) in [5.74, 6) is -0.0425. The van der Waals surface area contributed by atoms with Crippen LogP contribution < -0.4 is 10.3 Å². The van der Waals surface area contributed by atoms with Crippen LogP contribution in [0.1, 0.15) is 43.5 Å². The number of carbonyl (C=O) groups is 1. The number of hydrogen-bond acceptors (Lipinski definition) is 8. The molecule has 1 aliphatic rings. The maximum atomic E-state index is 13.1. The second kappa shape index (κ2) is 8.76. The molecule has 9 nitrogen and oxygen atoms in total. The topological polar surface area (TPSA) is 125 Å². The van der Waals surface area contributed by atoms with Gasteiger partial charge in [0, 0.05) is 24.8 Å². The Morgan fingerprint density at radius 1 is 1.28 bits per heavy atom. The van der Waals surface area contributed by atoms with Gasteiger partial charge in [-0.1, -0.05) is 0 Å². The van der Waals surface area contributed by atoms with Crippen LogP contribution in [-0.2, 0) is 30.3 Å². The standard InChI is InChI=1S/C22H24N2O7S/c1-14(25)30-21-20(17-11-16(13-23)5-6-18(17)31-22(21,2)3)24-9-7-15(12-19(24)26)8-10-29-32(4,27)28/h5-7,9,11-12,20-21H,8,10H2,1-4H3/t20-,21+/m1/s1. The van der Waals surface area contributed by atoms with Gasteiger partial charge < -0.3 is 14.0 Å². The van der Waals surface area contributed by atoms with Crippen molar-refractivity contribution in [3.8, 4) is 11.8 Å². The van der Waals surface area contributed by atoms with E-state index in [1.165, 1.54) is 17.6 Å². The third kappa shape index (κ3) is 5.18. The fraction of sp³-hybridized carbons (Fsp3) is 0.409. The van der Waals surface area contributed by atoms with Crippen LogP contribution in [0.5, 0.6) is 5.75 Å². The van der Waals surface area contributed by atoms with Crippen LogP contribution in [0.15, 0.2) is 41.3 Å². The molecule has 2 heterocycles. The summed E-state index contributed by atoms with van der Waals surface area (Å²) < 4.78 is 40.1. The third-order valence-electron chi connectivity index (χ3n) is 5.10. The normalized spacial score (nSPS) is 19.3. The van der Waals surface area contributed by atoms with Crippen LogP contribution in [-0.4, -0.2) is 43.5 Å². The quantitative estimate of drug-likeness (QED) is 0.473. The van der Waals surface area contributed by atoms with Crippen LogP contribution in [0.25, 0.3) is 0 Å². The predicted octanol–water partition coefficient (Wildman–Crippen LogP) is 1.93. The molecule has 170 valence electrons. The molecule has 0 bridgehead atoms. The fourth-order valence-corrected chi connectivity index (χ4v) is 4.12. The van der Waals surface area contributed by atoms with E-state index in [1.807, 2.05) is 0 Å². The molecule has 0 amide bonds. The summed E-state index contributed by atoms with van der Waals surface area (Å²) in [6.45, 7) is 4.71. The van der Waals surface area contributed by atoms with Crippen LogP contribution >= 0.6 is 0 Å². The Morgan fingerprint density at radius 2 is 2.00 bits per heavy atom. The number of aromatic nitrogens is 1. The van der Waals surface area contributed by atoms with Crippen molar-refractivity contribution in [2.24, 2.45) is 0 Å². The van der Waals surface area contributed by atoms with Gasteiger partial charge in [0.15, 0.2) is 6.10 Å².